The first-order chi connectivity index (χ1) is 16.4. The Morgan fingerprint density at radius 2 is 2.00 bits per heavy atom. The maximum atomic E-state index is 13.4. The van der Waals surface area contributed by atoms with E-state index in [-0.39, 0.29) is 16.8 Å². The minimum atomic E-state index is -1.08. The fourth-order valence-electron chi connectivity index (χ4n) is 3.26. The summed E-state index contributed by atoms with van der Waals surface area (Å²) in [6, 6.07) is 9.87. The molecule has 4 rings (SSSR count). The second kappa shape index (κ2) is 10.7. The first-order valence-corrected chi connectivity index (χ1v) is 11.5. The third-order valence-electron chi connectivity index (χ3n) is 5.15. The van der Waals surface area contributed by atoms with E-state index in [2.05, 4.69) is 10.3 Å². The molecule has 0 bridgehead atoms. The largest absolute Gasteiger partial charge is 0.491 e. The van der Waals surface area contributed by atoms with E-state index in [4.69, 9.17) is 14.2 Å². The molecule has 0 unspecified atom stereocenters. The summed E-state index contributed by atoms with van der Waals surface area (Å²) in [5, 5.41) is 4.39. The molecule has 10 heteroatoms. The minimum absolute atomic E-state index is 0.0924. The molecule has 3 aromatic rings. The van der Waals surface area contributed by atoms with Gasteiger partial charge in [0.15, 0.2) is 22.9 Å². The van der Waals surface area contributed by atoms with E-state index in [1.165, 1.54) is 13.0 Å². The molecule has 2 heterocycles. The third kappa shape index (κ3) is 5.95. The summed E-state index contributed by atoms with van der Waals surface area (Å²) in [7, 11) is 0. The Kier molecular flexibility index (Phi) is 7.49. The smallest absolute Gasteiger partial charge is 0.338 e. The summed E-state index contributed by atoms with van der Waals surface area (Å²) in [6.07, 6.45) is 1.01. The number of thiazole rings is 1. The van der Waals surface area contributed by atoms with Gasteiger partial charge in [0.05, 0.1) is 17.4 Å². The molecule has 0 saturated carbocycles. The quantitative estimate of drug-likeness (QED) is 0.457. The number of ether oxygens (including phenoxy) is 3. The highest BCUT2D eigenvalue weighted by Crippen LogP contribution is 2.26. The number of hydrogen-bond donors (Lipinski definition) is 1. The van der Waals surface area contributed by atoms with Crippen molar-refractivity contribution in [2.45, 2.75) is 32.0 Å². The zero-order valence-corrected chi connectivity index (χ0v) is 19.1. The number of anilines is 1. The summed E-state index contributed by atoms with van der Waals surface area (Å²) >= 11 is 1.11. The van der Waals surface area contributed by atoms with Crippen LogP contribution in [0.15, 0.2) is 47.8 Å². The molecule has 0 spiro atoms. The van der Waals surface area contributed by atoms with Gasteiger partial charge in [-0.05, 0) is 62.2 Å². The third-order valence-corrected chi connectivity index (χ3v) is 5.91. The number of rotatable bonds is 8. The van der Waals surface area contributed by atoms with Crippen molar-refractivity contribution >= 4 is 28.3 Å². The summed E-state index contributed by atoms with van der Waals surface area (Å²) in [5.41, 5.74) is 1.03. The van der Waals surface area contributed by atoms with E-state index < -0.39 is 29.6 Å². The Morgan fingerprint density at radius 1 is 1.21 bits per heavy atom. The summed E-state index contributed by atoms with van der Waals surface area (Å²) < 4.78 is 43.0. The van der Waals surface area contributed by atoms with Crippen molar-refractivity contribution in [3.8, 4) is 17.0 Å². The van der Waals surface area contributed by atoms with Crippen LogP contribution in [0.5, 0.6) is 5.75 Å². The van der Waals surface area contributed by atoms with Crippen LogP contribution in [0.1, 0.15) is 30.1 Å². The van der Waals surface area contributed by atoms with Gasteiger partial charge in [-0.3, -0.25) is 10.1 Å². The van der Waals surface area contributed by atoms with Gasteiger partial charge in [-0.1, -0.05) is 0 Å². The first kappa shape index (κ1) is 23.8. The second-order valence-corrected chi connectivity index (χ2v) is 8.53. The van der Waals surface area contributed by atoms with Gasteiger partial charge in [0.1, 0.15) is 12.4 Å². The molecule has 1 saturated heterocycles. The van der Waals surface area contributed by atoms with Gasteiger partial charge in [-0.25, -0.2) is 18.6 Å². The van der Waals surface area contributed by atoms with Crippen LogP contribution in [0.25, 0.3) is 11.3 Å². The Balaban J connectivity index is 1.28. The first-order valence-electron chi connectivity index (χ1n) is 10.7. The van der Waals surface area contributed by atoms with E-state index in [0.717, 1.165) is 42.9 Å². The lowest BCUT2D eigenvalue weighted by molar-refractivity contribution is -0.123. The number of esters is 1. The van der Waals surface area contributed by atoms with Gasteiger partial charge < -0.3 is 14.2 Å². The molecule has 34 heavy (non-hydrogen) atoms. The average molecular weight is 489 g/mol. The van der Waals surface area contributed by atoms with Gasteiger partial charge in [0, 0.05) is 17.6 Å². The molecule has 1 aliphatic rings. The van der Waals surface area contributed by atoms with Gasteiger partial charge >= 0.3 is 5.97 Å². The fraction of sp³-hybridized carbons (Fsp3) is 0.292. The summed E-state index contributed by atoms with van der Waals surface area (Å²) in [4.78, 5) is 29.0. The molecule has 0 aliphatic carbocycles. The van der Waals surface area contributed by atoms with E-state index in [9.17, 15) is 18.4 Å². The van der Waals surface area contributed by atoms with Crippen molar-refractivity contribution in [3.63, 3.8) is 0 Å². The molecule has 2 aromatic carbocycles. The molecular formula is C24H22F2N2O5S. The highest BCUT2D eigenvalue weighted by molar-refractivity contribution is 7.14. The number of nitrogens with one attached hydrogen (secondary N) is 1. The molecule has 0 radical (unpaired) electrons. The Hall–Kier alpha value is -3.37. The number of amides is 1. The van der Waals surface area contributed by atoms with E-state index >= 15 is 0 Å². The number of benzene rings is 2. The minimum Gasteiger partial charge on any atom is -0.491 e. The molecular weight excluding hydrogens is 466 g/mol. The van der Waals surface area contributed by atoms with Crippen LogP contribution in [0.3, 0.4) is 0 Å². The van der Waals surface area contributed by atoms with Crippen molar-refractivity contribution in [3.05, 3.63) is 65.0 Å². The normalized spacial score (nSPS) is 16.1. The van der Waals surface area contributed by atoms with Crippen LogP contribution in [-0.2, 0) is 14.3 Å². The van der Waals surface area contributed by atoms with Crippen molar-refractivity contribution in [2.75, 3.05) is 18.5 Å². The van der Waals surface area contributed by atoms with Gasteiger partial charge in [0.25, 0.3) is 5.91 Å². The lowest BCUT2D eigenvalue weighted by Gasteiger charge is -2.13. The fourth-order valence-corrected chi connectivity index (χ4v) is 3.98. The zero-order chi connectivity index (χ0) is 24.1. The van der Waals surface area contributed by atoms with Gasteiger partial charge in [0.2, 0.25) is 0 Å². The number of nitrogens with zero attached hydrogens (tertiary/aromatic N) is 1. The SMILES string of the molecule is C[C@@H](OC(=O)c1ccc(OC[C@H]2CCCO2)cc1)C(=O)Nc1nc(-c2ccc(F)c(F)c2)cs1. The summed E-state index contributed by atoms with van der Waals surface area (Å²) in [6.45, 7) is 2.65. The molecule has 1 aliphatic heterocycles. The van der Waals surface area contributed by atoms with Gasteiger partial charge in [-0.15, -0.1) is 11.3 Å². The highest BCUT2D eigenvalue weighted by Gasteiger charge is 2.21. The van der Waals surface area contributed by atoms with E-state index in [0.29, 0.717) is 23.6 Å². The molecule has 1 N–H and O–H groups in total. The molecule has 1 fully saturated rings. The topological polar surface area (TPSA) is 86.8 Å². The predicted octanol–water partition coefficient (Wildman–Crippen LogP) is 4.83. The zero-order valence-electron chi connectivity index (χ0n) is 18.3. The molecule has 2 atom stereocenters. The number of halogens is 2. The number of hydrogen-bond acceptors (Lipinski definition) is 7. The molecule has 178 valence electrons. The maximum Gasteiger partial charge on any atom is 0.338 e. The van der Waals surface area contributed by atoms with Gasteiger partial charge in [-0.2, -0.15) is 0 Å². The number of carbonyl (C=O) groups is 2. The van der Waals surface area contributed by atoms with Crippen LogP contribution < -0.4 is 10.1 Å². The van der Waals surface area contributed by atoms with Crippen LogP contribution in [0, 0.1) is 11.6 Å². The average Bonchev–Trinajstić information content (AvgIpc) is 3.52. The number of carbonyl (C=O) groups excluding carboxylic acids is 2. The Morgan fingerprint density at radius 3 is 2.71 bits per heavy atom. The Bertz CT molecular complexity index is 1160. The second-order valence-electron chi connectivity index (χ2n) is 7.67. The monoisotopic (exact) mass is 488 g/mol. The van der Waals surface area contributed by atoms with Crippen molar-refractivity contribution in [2.24, 2.45) is 0 Å². The predicted molar refractivity (Wildman–Crippen MR) is 122 cm³/mol. The summed E-state index contributed by atoms with van der Waals surface area (Å²) in [5.74, 6) is -2.56. The van der Waals surface area contributed by atoms with Crippen molar-refractivity contribution < 1.29 is 32.6 Å². The highest BCUT2D eigenvalue weighted by atomic mass is 32.1. The van der Waals surface area contributed by atoms with Crippen LogP contribution in [0.4, 0.5) is 13.9 Å². The lowest BCUT2D eigenvalue weighted by Crippen LogP contribution is -2.30. The lowest BCUT2D eigenvalue weighted by atomic mass is 10.2. The van der Waals surface area contributed by atoms with E-state index in [1.54, 1.807) is 29.6 Å². The molecule has 1 aromatic heterocycles. The van der Waals surface area contributed by atoms with Crippen molar-refractivity contribution in [1.82, 2.24) is 4.98 Å². The van der Waals surface area contributed by atoms with Crippen molar-refractivity contribution in [1.29, 1.82) is 0 Å². The molecule has 7 nitrogen and oxygen atoms in total. The maximum absolute atomic E-state index is 13.4. The standard InChI is InChI=1S/C24H22F2N2O5S/c1-14(22(29)28-24-27-21(13-34-24)16-6-9-19(25)20(26)11-16)33-23(30)15-4-7-17(8-5-15)32-12-18-3-2-10-31-18/h4-9,11,13-14,18H,2-3,10,12H2,1H3,(H,27,28,29)/t14-,18-/m1/s1. The van der Waals surface area contributed by atoms with Crippen LogP contribution in [-0.4, -0.2) is 42.3 Å². The van der Waals surface area contributed by atoms with Crippen LogP contribution in [0.2, 0.25) is 0 Å². The van der Waals surface area contributed by atoms with Crippen LogP contribution >= 0.6 is 11.3 Å². The van der Waals surface area contributed by atoms with E-state index in [1.807, 2.05) is 0 Å². The molecule has 1 amide bonds. The Labute approximate surface area is 198 Å². The number of aromatic nitrogens is 1.